The van der Waals surface area contributed by atoms with Crippen LogP contribution in [0.4, 0.5) is 0 Å². The third kappa shape index (κ3) is 20.3. The van der Waals surface area contributed by atoms with Gasteiger partial charge >= 0.3 is 379 Å². The van der Waals surface area contributed by atoms with E-state index in [1.165, 1.54) is 104 Å². The Balaban J connectivity index is 0.000000590. The summed E-state index contributed by atoms with van der Waals surface area (Å²) in [6.45, 7) is 27.3. The first kappa shape index (κ1) is 57.9. The molecule has 0 aromatic carbocycles. The average molecular weight is 1050 g/mol. The second-order valence-corrected chi connectivity index (χ2v) is 45.2. The van der Waals surface area contributed by atoms with Crippen LogP contribution < -0.4 is 0 Å². The summed E-state index contributed by atoms with van der Waals surface area (Å²) in [5.41, 5.74) is 0. The zero-order chi connectivity index (χ0) is 44.4. The van der Waals surface area contributed by atoms with Gasteiger partial charge in [-0.2, -0.15) is 0 Å². The van der Waals surface area contributed by atoms with Crippen LogP contribution in [0.1, 0.15) is 173 Å². The van der Waals surface area contributed by atoms with Crippen LogP contribution in [0.25, 0.3) is 0 Å². The Labute approximate surface area is 376 Å². The fourth-order valence-corrected chi connectivity index (χ4v) is 39.2. The second kappa shape index (κ2) is 32.5. The van der Waals surface area contributed by atoms with E-state index in [-0.39, 0.29) is 48.6 Å². The fourth-order valence-electron chi connectivity index (χ4n) is 9.89. The Morgan fingerprint density at radius 2 is 0.797 bits per heavy atom. The van der Waals surface area contributed by atoms with Gasteiger partial charge in [-0.1, -0.05) is 0 Å². The van der Waals surface area contributed by atoms with Crippen LogP contribution in [0.15, 0.2) is 20.3 Å². The van der Waals surface area contributed by atoms with Crippen molar-refractivity contribution in [2.45, 2.75) is 248 Å². The van der Waals surface area contributed by atoms with E-state index in [4.69, 9.17) is 23.7 Å². The molecule has 0 aromatic heterocycles. The minimum absolute atomic E-state index is 0.0274. The third-order valence-electron chi connectivity index (χ3n) is 14.4. The molecule has 350 valence electrons. The number of epoxide rings is 2. The van der Waals surface area contributed by atoms with E-state index in [1.807, 2.05) is 14.2 Å². The van der Waals surface area contributed by atoms with Gasteiger partial charge in [-0.15, -0.1) is 0 Å². The van der Waals surface area contributed by atoms with Crippen molar-refractivity contribution in [1.82, 2.24) is 0 Å². The Morgan fingerprint density at radius 3 is 1.10 bits per heavy atom. The number of hydrogen-bond donors (Lipinski definition) is 1. The van der Waals surface area contributed by atoms with E-state index >= 15 is 0 Å². The molecular weight excluding hydrogens is 946 g/mol. The van der Waals surface area contributed by atoms with Gasteiger partial charge in [-0.05, 0) is 0 Å². The van der Waals surface area contributed by atoms with E-state index in [1.54, 1.807) is 7.11 Å². The van der Waals surface area contributed by atoms with Crippen molar-refractivity contribution < 1.29 is 28.8 Å². The average Bonchev–Trinajstić information content (AvgIpc) is 4.20. The Morgan fingerprint density at radius 1 is 0.475 bits per heavy atom. The first-order valence-electron chi connectivity index (χ1n) is 25.3. The Bertz CT molecular complexity index is 1030. The van der Waals surface area contributed by atoms with Crippen molar-refractivity contribution in [2.24, 2.45) is 23.7 Å². The van der Waals surface area contributed by atoms with Crippen LogP contribution >= 0.6 is 0 Å². The number of ether oxygens (including phenoxy) is 5. The quantitative estimate of drug-likeness (QED) is 0.0504. The molecule has 0 radical (unpaired) electrons. The van der Waals surface area contributed by atoms with Crippen molar-refractivity contribution in [3.8, 4) is 0 Å². The number of aliphatic hydroxyl groups is 1. The molecule has 0 spiro atoms. The monoisotopic (exact) mass is 1050 g/mol. The van der Waals surface area contributed by atoms with E-state index in [9.17, 15) is 5.11 Å². The van der Waals surface area contributed by atoms with E-state index < -0.39 is 42.9 Å². The van der Waals surface area contributed by atoms with Gasteiger partial charge in [-0.3, -0.25) is 0 Å². The SMILES string of the molecule is CCC[CH2][Sn](/[CH]=C/[C@@H](C)[C@@H](O)[C@H]1O[C@@H]1[C@H](C)[C@H](CC)OC)([CH2]CCC)[CH2]CCC.CCC[CH2][Sn](/[CH]=C/[C@@H](C)[C@@H](OC)[C@H]1O[C@@H]1[C@H](C)[C@H](CC)OC)([CH2]CCC)[CH2]CCC. The summed E-state index contributed by atoms with van der Waals surface area (Å²) in [7, 11) is 5.45. The molecule has 0 saturated carbocycles. The van der Waals surface area contributed by atoms with E-state index in [0.717, 1.165) is 12.8 Å². The van der Waals surface area contributed by atoms with Gasteiger partial charge in [0.25, 0.3) is 0 Å². The molecule has 2 aliphatic heterocycles. The van der Waals surface area contributed by atoms with Gasteiger partial charge in [0.05, 0.1) is 0 Å². The molecular formula is C51H102O6Sn2. The van der Waals surface area contributed by atoms with Crippen LogP contribution in [0.2, 0.25) is 26.6 Å². The van der Waals surface area contributed by atoms with Gasteiger partial charge in [-0.25, -0.2) is 0 Å². The zero-order valence-electron chi connectivity index (χ0n) is 41.9. The van der Waals surface area contributed by atoms with Crippen molar-refractivity contribution in [3.05, 3.63) is 20.3 Å². The molecule has 2 heterocycles. The fraction of sp³-hybridized carbons (Fsp3) is 0.922. The molecule has 2 saturated heterocycles. The summed E-state index contributed by atoms with van der Waals surface area (Å²) in [6.07, 6.45) is 24.0. The molecule has 2 aliphatic rings. The third-order valence-corrected chi connectivity index (χ3v) is 42.6. The summed E-state index contributed by atoms with van der Waals surface area (Å²) in [5.74, 6) is 1.31. The van der Waals surface area contributed by atoms with Gasteiger partial charge < -0.3 is 0 Å². The van der Waals surface area contributed by atoms with Gasteiger partial charge in [0.2, 0.25) is 0 Å². The standard InChI is InChI=1S/C14H25O3.C13H23O3.6C4H9.2Sn/c1-7-9(3)12(16-6)14-13(17-14)10(4)11(8-2)15-5;1-6-8(3)11(14)13-12(16-13)9(4)10(7-2)15-5;6*1-3-4-2;;/h1,7,9-14H,8H2,2-6H3;1,6,8-14H,7H2,2-5H3;6*1,3-4H2,2H3;;/t9-,10-,11+,12-,13-,14-;8-,9-,10+,11-,12-,13-;;;;;;;;/m11......../s1. The van der Waals surface area contributed by atoms with Gasteiger partial charge in [0.15, 0.2) is 0 Å². The van der Waals surface area contributed by atoms with Crippen molar-refractivity contribution in [1.29, 1.82) is 0 Å². The second-order valence-electron chi connectivity index (χ2n) is 19.2. The van der Waals surface area contributed by atoms with E-state index in [0.29, 0.717) is 17.8 Å². The van der Waals surface area contributed by atoms with Crippen LogP contribution in [0.5, 0.6) is 0 Å². The predicted octanol–water partition coefficient (Wildman–Crippen LogP) is 14.2. The maximum atomic E-state index is 10.9. The number of unbranched alkanes of at least 4 members (excludes halogenated alkanes) is 6. The molecule has 6 nitrogen and oxygen atoms in total. The summed E-state index contributed by atoms with van der Waals surface area (Å²) >= 11 is -4.51. The van der Waals surface area contributed by atoms with Crippen LogP contribution in [0.3, 0.4) is 0 Å². The van der Waals surface area contributed by atoms with Gasteiger partial charge in [0.1, 0.15) is 0 Å². The van der Waals surface area contributed by atoms with Crippen molar-refractivity contribution >= 4 is 36.8 Å². The molecule has 0 amide bonds. The molecule has 0 aromatic rings. The molecule has 0 bridgehead atoms. The van der Waals surface area contributed by atoms with Crippen LogP contribution in [-0.4, -0.2) is 112 Å². The van der Waals surface area contributed by atoms with Crippen LogP contribution in [0, 0.1) is 23.7 Å². The number of hydrogen-bond acceptors (Lipinski definition) is 6. The molecule has 2 rings (SSSR count). The Hall–Kier alpha value is 0.837. The number of aliphatic hydroxyl groups excluding tert-OH is 1. The summed E-state index contributed by atoms with van der Waals surface area (Å²) in [4.78, 5) is 0. The van der Waals surface area contributed by atoms with Crippen molar-refractivity contribution in [2.75, 3.05) is 21.3 Å². The molecule has 0 unspecified atom stereocenters. The molecule has 0 aliphatic carbocycles. The predicted molar refractivity (Wildman–Crippen MR) is 261 cm³/mol. The normalized spacial score (nSPS) is 23.7. The van der Waals surface area contributed by atoms with Crippen LogP contribution in [-0.2, 0) is 23.7 Å². The summed E-state index contributed by atoms with van der Waals surface area (Å²) in [5, 5.41) is 10.9. The molecule has 8 heteroatoms. The summed E-state index contributed by atoms with van der Waals surface area (Å²) < 4.78 is 43.8. The molecule has 12 atom stereocenters. The van der Waals surface area contributed by atoms with E-state index in [2.05, 4.69) is 103 Å². The molecule has 1 N–H and O–H groups in total. The Kier molecular flexibility index (Phi) is 31.9. The topological polar surface area (TPSA) is 73.0 Å². The minimum atomic E-state index is -2.27. The maximum absolute atomic E-state index is 10.9. The number of methoxy groups -OCH3 is 3. The molecule has 59 heavy (non-hydrogen) atoms. The van der Waals surface area contributed by atoms with Crippen molar-refractivity contribution in [3.63, 3.8) is 0 Å². The summed E-state index contributed by atoms with van der Waals surface area (Å²) in [6, 6.07) is 0. The molecule has 2 fully saturated rings. The first-order chi connectivity index (χ1) is 28.3. The number of rotatable bonds is 35. The first-order valence-corrected chi connectivity index (χ1v) is 40.7. The van der Waals surface area contributed by atoms with Gasteiger partial charge in [0, 0.05) is 0 Å². The zero-order valence-corrected chi connectivity index (χ0v) is 47.6.